The van der Waals surface area contributed by atoms with Gasteiger partial charge < -0.3 is 15.3 Å². The zero-order valence-electron chi connectivity index (χ0n) is 18.5. The Balaban J connectivity index is 0.000000384. The van der Waals surface area contributed by atoms with Crippen LogP contribution in [0.4, 0.5) is 36.3 Å². The highest BCUT2D eigenvalue weighted by Gasteiger charge is 2.38. The molecular formula is C22H18ClF3N8O2. The maximum absolute atomic E-state index is 10.6. The van der Waals surface area contributed by atoms with E-state index in [9.17, 15) is 13.2 Å². The summed E-state index contributed by atoms with van der Waals surface area (Å²) in [5, 5.41) is 27.0. The monoisotopic (exact) mass is 518 g/mol. The predicted octanol–water partition coefficient (Wildman–Crippen LogP) is 5.42. The minimum Gasteiger partial charge on any atom is -0.475 e. The average Bonchev–Trinajstić information content (AvgIpc) is 3.51. The zero-order valence-corrected chi connectivity index (χ0v) is 19.3. The van der Waals surface area contributed by atoms with Gasteiger partial charge in [-0.2, -0.15) is 28.4 Å². The van der Waals surface area contributed by atoms with Gasteiger partial charge in [-0.05, 0) is 37.3 Å². The molecule has 2 aromatic carbocycles. The molecule has 186 valence electrons. The van der Waals surface area contributed by atoms with E-state index in [2.05, 4.69) is 42.6 Å². The Hall–Kier alpha value is -4.39. The molecule has 0 unspecified atom stereocenters. The fourth-order valence-electron chi connectivity index (χ4n) is 3.37. The maximum Gasteiger partial charge on any atom is 0.490 e. The fraction of sp³-hybridized carbons (Fsp3) is 0.136. The second kappa shape index (κ2) is 10.1. The number of anilines is 4. The summed E-state index contributed by atoms with van der Waals surface area (Å²) < 4.78 is 31.7. The van der Waals surface area contributed by atoms with Gasteiger partial charge >= 0.3 is 12.1 Å². The van der Waals surface area contributed by atoms with Crippen molar-refractivity contribution in [1.29, 1.82) is 0 Å². The summed E-state index contributed by atoms with van der Waals surface area (Å²) in [5.74, 6) is -1.67. The number of aliphatic carboxylic acids is 1. The van der Waals surface area contributed by atoms with Gasteiger partial charge in [0, 0.05) is 23.0 Å². The number of fused-ring (bicyclic) bond motifs is 2. The Bertz CT molecular complexity index is 1520. The molecule has 0 aliphatic rings. The van der Waals surface area contributed by atoms with E-state index in [1.165, 1.54) is 0 Å². The van der Waals surface area contributed by atoms with Crippen LogP contribution in [0.3, 0.4) is 0 Å². The summed E-state index contributed by atoms with van der Waals surface area (Å²) in [6.45, 7) is 2.73. The second-order valence-electron chi connectivity index (χ2n) is 7.32. The topological polar surface area (TPSA) is 136 Å². The number of carboxylic acid groups (broad SMARTS) is 1. The van der Waals surface area contributed by atoms with Gasteiger partial charge in [0.05, 0.1) is 35.3 Å². The number of halogens is 4. The first-order valence-corrected chi connectivity index (χ1v) is 10.8. The number of benzene rings is 2. The number of aromatic amines is 2. The molecule has 3 heterocycles. The lowest BCUT2D eigenvalue weighted by molar-refractivity contribution is -0.192. The smallest absolute Gasteiger partial charge is 0.475 e. The molecule has 3 aromatic heterocycles. The fourth-order valence-corrected chi connectivity index (χ4v) is 3.57. The van der Waals surface area contributed by atoms with E-state index in [1.807, 2.05) is 41.3 Å². The second-order valence-corrected chi connectivity index (χ2v) is 7.72. The number of nitrogens with one attached hydrogen (secondary N) is 3. The van der Waals surface area contributed by atoms with Crippen molar-refractivity contribution in [3.05, 3.63) is 60.0 Å². The van der Waals surface area contributed by atoms with Crippen molar-refractivity contribution >= 4 is 62.5 Å². The molecule has 0 bridgehead atoms. The van der Waals surface area contributed by atoms with E-state index in [4.69, 9.17) is 21.5 Å². The molecule has 0 amide bonds. The lowest BCUT2D eigenvalue weighted by atomic mass is 10.2. The number of aromatic nitrogens is 6. The summed E-state index contributed by atoms with van der Waals surface area (Å²) in [5.41, 5.74) is 3.72. The van der Waals surface area contributed by atoms with Crippen LogP contribution in [0.25, 0.3) is 21.8 Å². The van der Waals surface area contributed by atoms with Crippen molar-refractivity contribution in [2.24, 2.45) is 0 Å². The number of H-pyrrole nitrogens is 2. The number of hydrogen-bond acceptors (Lipinski definition) is 7. The molecule has 0 aliphatic carbocycles. The van der Waals surface area contributed by atoms with E-state index < -0.39 is 12.1 Å². The first-order chi connectivity index (χ1) is 17.2. The molecule has 0 fully saturated rings. The molecule has 5 aromatic rings. The van der Waals surface area contributed by atoms with Crippen LogP contribution < -0.4 is 10.2 Å². The van der Waals surface area contributed by atoms with Crippen LogP contribution in [0.2, 0.25) is 5.02 Å². The van der Waals surface area contributed by atoms with Gasteiger partial charge in [0.2, 0.25) is 5.95 Å². The lowest BCUT2D eigenvalue weighted by Gasteiger charge is -2.24. The normalized spacial score (nSPS) is 11.2. The minimum absolute atomic E-state index is 0.459. The van der Waals surface area contributed by atoms with Crippen LogP contribution in [0.5, 0.6) is 0 Å². The van der Waals surface area contributed by atoms with Gasteiger partial charge in [-0.15, -0.1) is 0 Å². The Morgan fingerprint density at radius 1 is 1.11 bits per heavy atom. The van der Waals surface area contributed by atoms with Gasteiger partial charge in [-0.1, -0.05) is 17.7 Å². The summed E-state index contributed by atoms with van der Waals surface area (Å²) in [4.78, 5) is 20.0. The zero-order chi connectivity index (χ0) is 25.9. The van der Waals surface area contributed by atoms with Crippen molar-refractivity contribution in [2.45, 2.75) is 13.1 Å². The van der Waals surface area contributed by atoms with E-state index in [0.717, 1.165) is 33.2 Å². The molecular weight excluding hydrogens is 501 g/mol. The number of carboxylic acids is 1. The van der Waals surface area contributed by atoms with Gasteiger partial charge in [-0.3, -0.25) is 10.2 Å². The molecule has 0 saturated heterocycles. The van der Waals surface area contributed by atoms with Crippen molar-refractivity contribution in [3.8, 4) is 0 Å². The first kappa shape index (κ1) is 24.7. The van der Waals surface area contributed by atoms with E-state index in [1.54, 1.807) is 18.6 Å². The van der Waals surface area contributed by atoms with Crippen molar-refractivity contribution in [3.63, 3.8) is 0 Å². The van der Waals surface area contributed by atoms with Crippen LogP contribution in [0, 0.1) is 0 Å². The van der Waals surface area contributed by atoms with Crippen LogP contribution in [-0.4, -0.2) is 54.2 Å². The summed E-state index contributed by atoms with van der Waals surface area (Å²) in [6.07, 6.45) is 0.117. The molecule has 5 rings (SSSR count). The number of hydrogen-bond donors (Lipinski definition) is 4. The quantitative estimate of drug-likeness (QED) is 0.242. The summed E-state index contributed by atoms with van der Waals surface area (Å²) in [7, 11) is 0. The van der Waals surface area contributed by atoms with E-state index in [-0.39, 0.29) is 0 Å². The minimum atomic E-state index is -5.08. The Morgan fingerprint density at radius 3 is 2.56 bits per heavy atom. The van der Waals surface area contributed by atoms with Crippen molar-refractivity contribution < 1.29 is 23.1 Å². The molecule has 0 spiro atoms. The molecule has 10 nitrogen and oxygen atoms in total. The number of nitrogens with zero attached hydrogens (tertiary/aromatic N) is 5. The average molecular weight is 519 g/mol. The van der Waals surface area contributed by atoms with E-state index in [0.29, 0.717) is 23.3 Å². The van der Waals surface area contributed by atoms with Crippen molar-refractivity contribution in [2.75, 3.05) is 16.8 Å². The molecule has 0 atom stereocenters. The number of carbonyl (C=O) groups is 1. The Morgan fingerprint density at radius 2 is 1.83 bits per heavy atom. The van der Waals surface area contributed by atoms with Crippen LogP contribution >= 0.6 is 11.6 Å². The Kier molecular flexibility index (Phi) is 6.92. The molecule has 14 heteroatoms. The lowest BCUT2D eigenvalue weighted by Crippen LogP contribution is -2.21. The van der Waals surface area contributed by atoms with Gasteiger partial charge in [0.15, 0.2) is 5.82 Å². The van der Waals surface area contributed by atoms with Gasteiger partial charge in [0.25, 0.3) is 0 Å². The standard InChI is InChI=1S/C20H17ClN8.C2HF3O2/c1-2-29(18-5-3-4-16-14(18)10-24-27-16)19-15(21)11-22-20(26-19)25-13-7-6-12-9-23-28-17(12)8-13;3-2(4,5)1(6)7/h3-11H,2H2,1H3,(H,23,28)(H,24,27)(H,22,25,26);(H,6,7). The maximum atomic E-state index is 10.6. The van der Waals surface area contributed by atoms with Gasteiger partial charge in [0.1, 0.15) is 5.02 Å². The SMILES string of the molecule is CCN(c1nc(Nc2ccc3cn[nH]c3c2)ncc1Cl)c1cccc2[nH]ncc12.O=C(O)C(F)(F)F. The third-order valence-electron chi connectivity index (χ3n) is 4.99. The predicted molar refractivity (Wildman–Crippen MR) is 129 cm³/mol. The van der Waals surface area contributed by atoms with Crippen molar-refractivity contribution in [1.82, 2.24) is 30.4 Å². The highest BCUT2D eigenvalue weighted by molar-refractivity contribution is 6.33. The van der Waals surface area contributed by atoms with Crippen LogP contribution in [-0.2, 0) is 4.79 Å². The first-order valence-electron chi connectivity index (χ1n) is 10.4. The third kappa shape index (κ3) is 5.30. The summed E-state index contributed by atoms with van der Waals surface area (Å²) in [6, 6.07) is 11.9. The largest absolute Gasteiger partial charge is 0.490 e. The van der Waals surface area contributed by atoms with Crippen LogP contribution in [0.15, 0.2) is 55.0 Å². The molecule has 0 saturated carbocycles. The molecule has 36 heavy (non-hydrogen) atoms. The highest BCUT2D eigenvalue weighted by Crippen LogP contribution is 2.34. The van der Waals surface area contributed by atoms with Crippen LogP contribution in [0.1, 0.15) is 6.92 Å². The van der Waals surface area contributed by atoms with E-state index >= 15 is 0 Å². The van der Waals surface area contributed by atoms with Gasteiger partial charge in [-0.25, -0.2) is 9.78 Å². The number of rotatable bonds is 5. The molecule has 0 aliphatic heterocycles. The molecule has 0 radical (unpaired) electrons. The molecule has 4 N–H and O–H groups in total. The third-order valence-corrected chi connectivity index (χ3v) is 5.26. The Labute approximate surface area is 206 Å². The summed E-state index contributed by atoms with van der Waals surface area (Å²) >= 11 is 6.48. The number of alkyl halides is 3. The highest BCUT2D eigenvalue weighted by atomic mass is 35.5.